The van der Waals surface area contributed by atoms with Crippen molar-refractivity contribution in [2.24, 2.45) is 5.92 Å². The second-order valence-corrected chi connectivity index (χ2v) is 13.6. The van der Waals surface area contributed by atoms with Gasteiger partial charge in [-0.1, -0.05) is 55.3 Å². The lowest BCUT2D eigenvalue weighted by atomic mass is 9.84. The molecule has 2 bridgehead atoms. The summed E-state index contributed by atoms with van der Waals surface area (Å²) in [6.45, 7) is 6.22. The quantitative estimate of drug-likeness (QED) is 0.547. The van der Waals surface area contributed by atoms with Crippen LogP contribution in [0.3, 0.4) is 0 Å². The van der Waals surface area contributed by atoms with E-state index in [2.05, 4.69) is 5.32 Å². The molecule has 1 saturated carbocycles. The highest BCUT2D eigenvalue weighted by Gasteiger charge is 2.43. The van der Waals surface area contributed by atoms with Gasteiger partial charge < -0.3 is 19.7 Å². The maximum absolute atomic E-state index is 13.1. The van der Waals surface area contributed by atoms with Gasteiger partial charge in [0, 0.05) is 25.2 Å². The van der Waals surface area contributed by atoms with Crippen molar-refractivity contribution in [3.8, 4) is 0 Å². The van der Waals surface area contributed by atoms with E-state index in [0.29, 0.717) is 12.8 Å². The van der Waals surface area contributed by atoms with Gasteiger partial charge in [-0.25, -0.2) is 18.0 Å². The summed E-state index contributed by atoms with van der Waals surface area (Å²) in [7, 11) is -3.43. The number of nitrogens with zero attached hydrogens (tertiary/aromatic N) is 2. The van der Waals surface area contributed by atoms with Crippen LogP contribution in [0.1, 0.15) is 64.9 Å². The predicted molar refractivity (Wildman–Crippen MR) is 145 cm³/mol. The zero-order valence-corrected chi connectivity index (χ0v) is 23.5. The summed E-state index contributed by atoms with van der Waals surface area (Å²) < 4.78 is 38.8. The Labute approximate surface area is 226 Å². The van der Waals surface area contributed by atoms with Crippen molar-refractivity contribution >= 4 is 22.2 Å². The second kappa shape index (κ2) is 12.1. The smallest absolute Gasteiger partial charge is 0.410 e. The lowest BCUT2D eigenvalue weighted by Crippen LogP contribution is -2.60. The number of carbonyl (C=O) groups is 2. The van der Waals surface area contributed by atoms with Gasteiger partial charge in [0.2, 0.25) is 10.0 Å². The van der Waals surface area contributed by atoms with Gasteiger partial charge in [-0.2, -0.15) is 4.31 Å². The van der Waals surface area contributed by atoms with E-state index in [4.69, 9.17) is 9.47 Å². The van der Waals surface area contributed by atoms with Crippen LogP contribution >= 0.6 is 0 Å². The molecule has 2 amide bonds. The van der Waals surface area contributed by atoms with Crippen molar-refractivity contribution < 1.29 is 27.5 Å². The number of amides is 2. The first kappa shape index (κ1) is 28.4. The van der Waals surface area contributed by atoms with Crippen LogP contribution in [0, 0.1) is 5.92 Å². The maximum Gasteiger partial charge on any atom is 0.410 e. The van der Waals surface area contributed by atoms with Crippen LogP contribution in [-0.2, 0) is 26.1 Å². The molecule has 38 heavy (non-hydrogen) atoms. The van der Waals surface area contributed by atoms with Crippen LogP contribution in [0.5, 0.6) is 0 Å². The van der Waals surface area contributed by atoms with E-state index in [0.717, 1.165) is 31.2 Å². The topological polar surface area (TPSA) is 105 Å². The van der Waals surface area contributed by atoms with Crippen LogP contribution < -0.4 is 5.32 Å². The Balaban J connectivity index is 1.45. The number of fused-ring (bicyclic) bond motifs is 2. The molecule has 1 aromatic carbocycles. The molecule has 0 radical (unpaired) electrons. The molecule has 1 aliphatic carbocycles. The minimum Gasteiger partial charge on any atom is -0.445 e. The average molecular weight is 548 g/mol. The first-order chi connectivity index (χ1) is 18.0. The van der Waals surface area contributed by atoms with Crippen LogP contribution in [-0.4, -0.2) is 72.4 Å². The van der Waals surface area contributed by atoms with Gasteiger partial charge in [0.05, 0.1) is 11.8 Å². The molecule has 1 aromatic rings. The Morgan fingerprint density at radius 2 is 1.76 bits per heavy atom. The minimum absolute atomic E-state index is 0.0513. The molecule has 5 atom stereocenters. The van der Waals surface area contributed by atoms with E-state index in [-0.39, 0.29) is 43.5 Å². The van der Waals surface area contributed by atoms with Crippen molar-refractivity contribution in [3.63, 3.8) is 0 Å². The lowest BCUT2D eigenvalue weighted by molar-refractivity contribution is 0.00103. The molecule has 2 aliphatic heterocycles. The van der Waals surface area contributed by atoms with E-state index >= 15 is 0 Å². The van der Waals surface area contributed by atoms with Gasteiger partial charge in [-0.15, -0.1) is 0 Å². The van der Waals surface area contributed by atoms with Crippen LogP contribution in [0.2, 0.25) is 0 Å². The van der Waals surface area contributed by atoms with Crippen molar-refractivity contribution in [2.45, 2.75) is 89.6 Å². The third-order valence-electron chi connectivity index (χ3n) is 7.43. The third-order valence-corrected chi connectivity index (χ3v) is 9.36. The second-order valence-electron chi connectivity index (χ2n) is 11.5. The molecule has 210 valence electrons. The normalized spacial score (nSPS) is 29.3. The van der Waals surface area contributed by atoms with E-state index in [1.165, 1.54) is 0 Å². The molecular weight excluding hydrogens is 506 g/mol. The van der Waals surface area contributed by atoms with E-state index < -0.39 is 33.9 Å². The molecule has 2 heterocycles. The molecular formula is C28H41N3O6S. The van der Waals surface area contributed by atoms with Gasteiger partial charge in [-0.3, -0.25) is 0 Å². The summed E-state index contributed by atoms with van der Waals surface area (Å²) in [6, 6.07) is 8.77. The monoisotopic (exact) mass is 547 g/mol. The molecule has 4 rings (SSSR count). The Kier molecular flexibility index (Phi) is 9.03. The molecule has 0 aromatic heterocycles. The largest absolute Gasteiger partial charge is 0.445 e. The number of benzene rings is 1. The first-order valence-corrected chi connectivity index (χ1v) is 15.3. The Morgan fingerprint density at radius 3 is 2.50 bits per heavy atom. The summed E-state index contributed by atoms with van der Waals surface area (Å²) in [5, 5.41) is 3.02. The summed E-state index contributed by atoms with van der Waals surface area (Å²) in [5.41, 5.74) is 0.290. The number of nitrogens with one attached hydrogen (secondary N) is 1. The molecule has 0 spiro atoms. The van der Waals surface area contributed by atoms with Gasteiger partial charge >= 0.3 is 12.2 Å². The standard InChI is InChI=1S/C28H41N3O6S/c1-28(2,3)37-27(33)30-18-24(31-19-23(30)13-9-17-38(31,34)35)16-15-22-12-7-8-14-25(22)29-26(32)36-20-21-10-5-4-6-11-21/h4-6,10-11,15-16,22-25H,7-9,12-14,17-20H2,1-3H3,(H,29,32)/b16-15+/t22-,23-,24+,25+/m1/s1. The number of sulfonamides is 1. The highest BCUT2D eigenvalue weighted by molar-refractivity contribution is 7.89. The summed E-state index contributed by atoms with van der Waals surface area (Å²) >= 11 is 0. The first-order valence-electron chi connectivity index (χ1n) is 13.7. The Hall–Kier alpha value is -2.59. The Morgan fingerprint density at radius 1 is 1.03 bits per heavy atom. The van der Waals surface area contributed by atoms with Gasteiger partial charge in [0.25, 0.3) is 0 Å². The van der Waals surface area contributed by atoms with Gasteiger partial charge in [-0.05, 0) is 57.9 Å². The van der Waals surface area contributed by atoms with Crippen molar-refractivity contribution in [1.29, 1.82) is 0 Å². The SMILES string of the molecule is CC(C)(C)OC(=O)N1C[C@H](/C=C/[C@H]2CCCC[C@@H]2NC(=O)OCc2ccccc2)N2C[C@H]1CCCS2(=O)=O. The van der Waals surface area contributed by atoms with E-state index in [1.807, 2.05) is 63.3 Å². The lowest BCUT2D eigenvalue weighted by Gasteiger charge is -2.43. The van der Waals surface area contributed by atoms with Gasteiger partial charge in [0.1, 0.15) is 12.2 Å². The molecule has 1 N–H and O–H groups in total. The average Bonchev–Trinajstić information content (AvgIpc) is 2.98. The predicted octanol–water partition coefficient (Wildman–Crippen LogP) is 4.44. The molecule has 9 nitrogen and oxygen atoms in total. The van der Waals surface area contributed by atoms with Crippen molar-refractivity contribution in [3.05, 3.63) is 48.0 Å². The molecule has 1 unspecified atom stereocenters. The third kappa shape index (κ3) is 7.50. The summed E-state index contributed by atoms with van der Waals surface area (Å²) in [4.78, 5) is 27.3. The van der Waals surface area contributed by atoms with E-state index in [9.17, 15) is 18.0 Å². The zero-order chi connectivity index (χ0) is 27.3. The van der Waals surface area contributed by atoms with Crippen LogP contribution in [0.25, 0.3) is 0 Å². The fourth-order valence-electron chi connectivity index (χ4n) is 5.53. The minimum atomic E-state index is -3.43. The highest BCUT2D eigenvalue weighted by Crippen LogP contribution is 2.30. The maximum atomic E-state index is 13.1. The number of rotatable bonds is 5. The fraction of sp³-hybridized carbons (Fsp3) is 0.643. The summed E-state index contributed by atoms with van der Waals surface area (Å²) in [6.07, 6.45) is 7.98. The molecule has 3 fully saturated rings. The van der Waals surface area contributed by atoms with Crippen molar-refractivity contribution in [2.75, 3.05) is 18.8 Å². The van der Waals surface area contributed by atoms with Gasteiger partial charge in [0.15, 0.2) is 0 Å². The number of alkyl carbamates (subject to hydrolysis) is 1. The number of hydrogen-bond acceptors (Lipinski definition) is 6. The Bertz CT molecular complexity index is 1100. The number of piperazine rings is 1. The fourth-order valence-corrected chi connectivity index (χ4v) is 7.24. The molecule has 10 heteroatoms. The van der Waals surface area contributed by atoms with Crippen molar-refractivity contribution in [1.82, 2.24) is 14.5 Å². The number of ether oxygens (including phenoxy) is 2. The molecule has 3 aliphatic rings. The van der Waals surface area contributed by atoms with E-state index in [1.54, 1.807) is 9.21 Å². The number of carbonyl (C=O) groups excluding carboxylic acids is 2. The molecule has 2 saturated heterocycles. The summed E-state index contributed by atoms with van der Waals surface area (Å²) in [5.74, 6) is 0.132. The number of hydrogen-bond donors (Lipinski definition) is 1. The van der Waals surface area contributed by atoms with Crippen LogP contribution in [0.4, 0.5) is 9.59 Å². The zero-order valence-electron chi connectivity index (χ0n) is 22.7. The highest BCUT2D eigenvalue weighted by atomic mass is 32.2. The van der Waals surface area contributed by atoms with Crippen LogP contribution in [0.15, 0.2) is 42.5 Å².